The fraction of sp³-hybridized carbons (Fsp3) is 0.588. The lowest BCUT2D eigenvalue weighted by Crippen LogP contribution is -2.43. The minimum absolute atomic E-state index is 0.146. The standard InChI is InChI=1S/C17H27N5O2/c1-22(2)15-9-8-14(12-19-15)20-16(23)10-11-18-17(24)21-13-6-4-3-5-7-13/h8-9,12-13H,3-7,10-11H2,1-2H3,(H,20,23)(H2,18,21,24). The molecule has 1 aliphatic carbocycles. The van der Waals surface area contributed by atoms with Gasteiger partial charge in [0, 0.05) is 33.1 Å². The number of pyridine rings is 1. The van der Waals surface area contributed by atoms with E-state index in [1.165, 1.54) is 19.3 Å². The predicted octanol–water partition coefficient (Wildman–Crippen LogP) is 2.11. The van der Waals surface area contributed by atoms with Gasteiger partial charge < -0.3 is 20.9 Å². The molecule has 2 rings (SSSR count). The SMILES string of the molecule is CN(C)c1ccc(NC(=O)CCNC(=O)NC2CCCCC2)cn1. The van der Waals surface area contributed by atoms with Crippen LogP contribution in [0.2, 0.25) is 0 Å². The molecule has 1 heterocycles. The Balaban J connectivity index is 1.64. The zero-order valence-electron chi connectivity index (χ0n) is 14.5. The zero-order chi connectivity index (χ0) is 17.4. The number of aromatic nitrogens is 1. The molecule has 1 aromatic rings. The van der Waals surface area contributed by atoms with Crippen LogP contribution in [0, 0.1) is 0 Å². The first-order chi connectivity index (χ1) is 11.5. The second kappa shape index (κ2) is 9.10. The van der Waals surface area contributed by atoms with Crippen molar-refractivity contribution in [2.75, 3.05) is 30.9 Å². The van der Waals surface area contributed by atoms with Crippen molar-refractivity contribution in [3.63, 3.8) is 0 Å². The smallest absolute Gasteiger partial charge is 0.315 e. The lowest BCUT2D eigenvalue weighted by Gasteiger charge is -2.22. The molecule has 0 radical (unpaired) electrons. The molecule has 0 unspecified atom stereocenters. The Morgan fingerprint density at radius 3 is 2.58 bits per heavy atom. The maximum atomic E-state index is 11.9. The van der Waals surface area contributed by atoms with Crippen LogP contribution in [0.5, 0.6) is 0 Å². The molecular formula is C17H27N5O2. The topological polar surface area (TPSA) is 86.4 Å². The molecule has 7 heteroatoms. The maximum Gasteiger partial charge on any atom is 0.315 e. The van der Waals surface area contributed by atoms with Crippen molar-refractivity contribution in [1.82, 2.24) is 15.6 Å². The van der Waals surface area contributed by atoms with E-state index in [9.17, 15) is 9.59 Å². The summed E-state index contributed by atoms with van der Waals surface area (Å²) >= 11 is 0. The Morgan fingerprint density at radius 1 is 1.21 bits per heavy atom. The van der Waals surface area contributed by atoms with Crippen LogP contribution in [0.1, 0.15) is 38.5 Å². The summed E-state index contributed by atoms with van der Waals surface area (Å²) in [5.41, 5.74) is 0.650. The minimum atomic E-state index is -0.188. The van der Waals surface area contributed by atoms with Crippen LogP contribution in [0.3, 0.4) is 0 Å². The number of nitrogens with one attached hydrogen (secondary N) is 3. The van der Waals surface area contributed by atoms with Gasteiger partial charge in [0.15, 0.2) is 0 Å². The van der Waals surface area contributed by atoms with Gasteiger partial charge in [0.2, 0.25) is 5.91 Å². The van der Waals surface area contributed by atoms with Crippen molar-refractivity contribution in [2.45, 2.75) is 44.6 Å². The summed E-state index contributed by atoms with van der Waals surface area (Å²) in [4.78, 5) is 29.8. The number of hydrogen-bond acceptors (Lipinski definition) is 4. The molecule has 24 heavy (non-hydrogen) atoms. The number of carbonyl (C=O) groups excluding carboxylic acids is 2. The second-order valence-electron chi connectivity index (χ2n) is 6.33. The van der Waals surface area contributed by atoms with Gasteiger partial charge in [-0.1, -0.05) is 19.3 Å². The third kappa shape index (κ3) is 6.06. The summed E-state index contributed by atoms with van der Waals surface area (Å²) in [5, 5.41) is 8.47. The van der Waals surface area contributed by atoms with E-state index >= 15 is 0 Å². The molecule has 1 aliphatic rings. The van der Waals surface area contributed by atoms with Crippen molar-refractivity contribution >= 4 is 23.4 Å². The molecule has 0 atom stereocenters. The highest BCUT2D eigenvalue weighted by atomic mass is 16.2. The molecule has 132 valence electrons. The molecule has 0 bridgehead atoms. The van der Waals surface area contributed by atoms with Gasteiger partial charge in [0.05, 0.1) is 11.9 Å². The number of anilines is 2. The first kappa shape index (κ1) is 18.0. The Kier molecular flexibility index (Phi) is 6.84. The number of rotatable bonds is 6. The third-order valence-electron chi connectivity index (χ3n) is 4.07. The van der Waals surface area contributed by atoms with Crippen molar-refractivity contribution in [3.8, 4) is 0 Å². The van der Waals surface area contributed by atoms with Gasteiger partial charge in [0.1, 0.15) is 5.82 Å². The summed E-state index contributed by atoms with van der Waals surface area (Å²) < 4.78 is 0. The molecule has 0 saturated heterocycles. The Morgan fingerprint density at radius 2 is 1.96 bits per heavy atom. The van der Waals surface area contributed by atoms with E-state index in [4.69, 9.17) is 0 Å². The van der Waals surface area contributed by atoms with Gasteiger partial charge in [-0.3, -0.25) is 4.79 Å². The van der Waals surface area contributed by atoms with Crippen LogP contribution >= 0.6 is 0 Å². The quantitative estimate of drug-likeness (QED) is 0.744. The fourth-order valence-corrected chi connectivity index (χ4v) is 2.72. The number of hydrogen-bond donors (Lipinski definition) is 3. The maximum absolute atomic E-state index is 11.9. The summed E-state index contributed by atoms with van der Waals surface area (Å²) in [6.07, 6.45) is 7.55. The molecule has 3 N–H and O–H groups in total. The van der Waals surface area contributed by atoms with Crippen molar-refractivity contribution in [2.24, 2.45) is 0 Å². The lowest BCUT2D eigenvalue weighted by atomic mass is 9.96. The lowest BCUT2D eigenvalue weighted by molar-refractivity contribution is -0.116. The van der Waals surface area contributed by atoms with Gasteiger partial charge in [-0.25, -0.2) is 9.78 Å². The van der Waals surface area contributed by atoms with Crippen LogP contribution in [-0.2, 0) is 4.79 Å². The summed E-state index contributed by atoms with van der Waals surface area (Å²) in [6.45, 7) is 0.313. The van der Waals surface area contributed by atoms with Gasteiger partial charge in [-0.05, 0) is 25.0 Å². The zero-order valence-corrected chi connectivity index (χ0v) is 14.5. The molecule has 0 aliphatic heterocycles. The van der Waals surface area contributed by atoms with E-state index < -0.39 is 0 Å². The highest BCUT2D eigenvalue weighted by molar-refractivity contribution is 5.91. The number of carbonyl (C=O) groups is 2. The molecular weight excluding hydrogens is 306 g/mol. The predicted molar refractivity (Wildman–Crippen MR) is 95.2 cm³/mol. The van der Waals surface area contributed by atoms with Crippen molar-refractivity contribution in [3.05, 3.63) is 18.3 Å². The first-order valence-electron chi connectivity index (χ1n) is 8.52. The van der Waals surface area contributed by atoms with Gasteiger partial charge in [-0.2, -0.15) is 0 Å². The molecule has 1 aromatic heterocycles. The van der Waals surface area contributed by atoms with Crippen LogP contribution in [0.4, 0.5) is 16.3 Å². The number of urea groups is 1. The molecule has 0 spiro atoms. The number of amides is 3. The van der Waals surface area contributed by atoms with E-state index in [-0.39, 0.29) is 24.4 Å². The van der Waals surface area contributed by atoms with Gasteiger partial charge in [0.25, 0.3) is 0 Å². The fourth-order valence-electron chi connectivity index (χ4n) is 2.72. The van der Waals surface area contributed by atoms with E-state index in [0.29, 0.717) is 12.2 Å². The third-order valence-corrected chi connectivity index (χ3v) is 4.07. The molecule has 1 fully saturated rings. The van der Waals surface area contributed by atoms with Crippen molar-refractivity contribution in [1.29, 1.82) is 0 Å². The number of nitrogens with zero attached hydrogens (tertiary/aromatic N) is 2. The van der Waals surface area contributed by atoms with Gasteiger partial charge >= 0.3 is 6.03 Å². The van der Waals surface area contributed by atoms with E-state index in [1.807, 2.05) is 31.1 Å². The van der Waals surface area contributed by atoms with E-state index in [0.717, 1.165) is 18.7 Å². The van der Waals surface area contributed by atoms with Crippen LogP contribution in [0.15, 0.2) is 18.3 Å². The second-order valence-corrected chi connectivity index (χ2v) is 6.33. The molecule has 7 nitrogen and oxygen atoms in total. The highest BCUT2D eigenvalue weighted by Gasteiger charge is 2.15. The Labute approximate surface area is 143 Å². The normalized spacial score (nSPS) is 14.8. The minimum Gasteiger partial charge on any atom is -0.363 e. The Bertz CT molecular complexity index is 538. The molecule has 0 aromatic carbocycles. The van der Waals surface area contributed by atoms with Crippen LogP contribution in [0.25, 0.3) is 0 Å². The highest BCUT2D eigenvalue weighted by Crippen LogP contribution is 2.17. The average molecular weight is 333 g/mol. The molecule has 3 amide bonds. The first-order valence-corrected chi connectivity index (χ1v) is 8.52. The van der Waals surface area contributed by atoms with Gasteiger partial charge in [-0.15, -0.1) is 0 Å². The molecule has 1 saturated carbocycles. The summed E-state index contributed by atoms with van der Waals surface area (Å²) in [7, 11) is 3.81. The summed E-state index contributed by atoms with van der Waals surface area (Å²) in [5.74, 6) is 0.682. The van der Waals surface area contributed by atoms with Crippen LogP contribution in [-0.4, -0.2) is 43.6 Å². The largest absolute Gasteiger partial charge is 0.363 e. The van der Waals surface area contributed by atoms with E-state index in [2.05, 4.69) is 20.9 Å². The van der Waals surface area contributed by atoms with Crippen molar-refractivity contribution < 1.29 is 9.59 Å². The average Bonchev–Trinajstić information content (AvgIpc) is 2.56. The Hall–Kier alpha value is -2.31. The van der Waals surface area contributed by atoms with Crippen LogP contribution < -0.4 is 20.9 Å². The summed E-state index contributed by atoms with van der Waals surface area (Å²) in [6, 6.07) is 3.73. The monoisotopic (exact) mass is 333 g/mol. The van der Waals surface area contributed by atoms with E-state index in [1.54, 1.807) is 6.20 Å².